The van der Waals surface area contributed by atoms with Crippen molar-refractivity contribution in [3.8, 4) is 11.5 Å². The van der Waals surface area contributed by atoms with Crippen LogP contribution in [0.4, 0.5) is 0 Å². The van der Waals surface area contributed by atoms with Gasteiger partial charge in [-0.2, -0.15) is 0 Å². The number of aromatic hydroxyl groups is 2. The SMILES string of the molecule is N=C(N)NCCCC(N)C(=O)O.O=C(O)c1ccc2c(c1)C(=O)c1cc(O)cc(O)c1C2=O. The lowest BCUT2D eigenvalue weighted by Crippen LogP contribution is -2.34. The fourth-order valence-corrected chi connectivity index (χ4v) is 3.04. The summed E-state index contributed by atoms with van der Waals surface area (Å²) in [6, 6.07) is 4.80. The van der Waals surface area contributed by atoms with E-state index in [4.69, 9.17) is 27.1 Å². The van der Waals surface area contributed by atoms with Crippen LogP contribution < -0.4 is 16.8 Å². The standard InChI is InChI=1S/C15H8O6.C6H14N4O2/c16-7-4-10-12(11(17)5-7)14(19)8-2-1-6(15(20)21)3-9(8)13(10)18;7-4(5(11)12)2-1-3-10-6(8)9/h1-5,16-17H,(H,20,21);4H,1-3,7H2,(H,11,12)(H4,8,9,10). The Bertz CT molecular complexity index is 1150. The van der Waals surface area contributed by atoms with Gasteiger partial charge in [0.25, 0.3) is 0 Å². The number of nitrogens with two attached hydrogens (primary N) is 2. The summed E-state index contributed by atoms with van der Waals surface area (Å²) in [6.45, 7) is 0.482. The van der Waals surface area contributed by atoms with Gasteiger partial charge in [0.2, 0.25) is 0 Å². The summed E-state index contributed by atoms with van der Waals surface area (Å²) in [5.74, 6) is -4.39. The summed E-state index contributed by atoms with van der Waals surface area (Å²) < 4.78 is 0. The molecular formula is C21H22N4O8. The molecule has 12 nitrogen and oxygen atoms in total. The van der Waals surface area contributed by atoms with Crippen LogP contribution >= 0.6 is 0 Å². The number of phenolic OH excluding ortho intramolecular Hbond substituents is 2. The van der Waals surface area contributed by atoms with Crippen molar-refractivity contribution in [1.29, 1.82) is 5.41 Å². The van der Waals surface area contributed by atoms with Gasteiger partial charge in [-0.3, -0.25) is 19.8 Å². The molecule has 174 valence electrons. The van der Waals surface area contributed by atoms with Crippen molar-refractivity contribution in [2.45, 2.75) is 18.9 Å². The second-order valence-electron chi connectivity index (χ2n) is 7.04. The molecule has 3 rings (SSSR count). The molecule has 2 aromatic rings. The first-order valence-corrected chi connectivity index (χ1v) is 9.53. The van der Waals surface area contributed by atoms with Gasteiger partial charge in [-0.1, -0.05) is 0 Å². The van der Waals surface area contributed by atoms with Gasteiger partial charge in [-0.25, -0.2) is 4.79 Å². The molecule has 0 saturated carbocycles. The Morgan fingerprint density at radius 1 is 1.00 bits per heavy atom. The fraction of sp³-hybridized carbons (Fsp3) is 0.190. The molecule has 0 saturated heterocycles. The van der Waals surface area contributed by atoms with Crippen molar-refractivity contribution in [3.63, 3.8) is 0 Å². The molecular weight excluding hydrogens is 436 g/mol. The van der Waals surface area contributed by atoms with E-state index in [1.54, 1.807) is 0 Å². The van der Waals surface area contributed by atoms with Gasteiger partial charge in [-0.05, 0) is 37.1 Å². The van der Waals surface area contributed by atoms with E-state index in [0.29, 0.717) is 19.4 Å². The molecule has 1 atom stereocenters. The van der Waals surface area contributed by atoms with Gasteiger partial charge in [0.15, 0.2) is 17.5 Å². The minimum absolute atomic E-state index is 0.0264. The maximum absolute atomic E-state index is 12.4. The van der Waals surface area contributed by atoms with Gasteiger partial charge >= 0.3 is 11.9 Å². The molecule has 2 aromatic carbocycles. The van der Waals surface area contributed by atoms with E-state index in [1.165, 1.54) is 12.1 Å². The fourth-order valence-electron chi connectivity index (χ4n) is 3.04. The molecule has 0 bridgehead atoms. The largest absolute Gasteiger partial charge is 0.508 e. The number of nitrogens with one attached hydrogen (secondary N) is 2. The molecule has 0 radical (unpaired) electrons. The molecule has 0 fully saturated rings. The van der Waals surface area contributed by atoms with Gasteiger partial charge < -0.3 is 37.2 Å². The van der Waals surface area contributed by atoms with Crippen LogP contribution in [-0.4, -0.2) is 62.5 Å². The molecule has 1 aliphatic carbocycles. The van der Waals surface area contributed by atoms with E-state index < -0.39 is 35.3 Å². The Balaban J connectivity index is 0.000000277. The number of carbonyl (C=O) groups excluding carboxylic acids is 2. The Morgan fingerprint density at radius 3 is 2.24 bits per heavy atom. The van der Waals surface area contributed by atoms with E-state index in [9.17, 15) is 29.4 Å². The molecule has 1 unspecified atom stereocenters. The topological polar surface area (TPSA) is 237 Å². The predicted octanol–water partition coefficient (Wildman–Crippen LogP) is 0.233. The Hall–Kier alpha value is -4.45. The highest BCUT2D eigenvalue weighted by atomic mass is 16.4. The number of aliphatic carboxylic acids is 1. The number of fused-ring (bicyclic) bond motifs is 2. The summed E-state index contributed by atoms with van der Waals surface area (Å²) in [5.41, 5.74) is 9.73. The third kappa shape index (κ3) is 5.83. The number of benzene rings is 2. The van der Waals surface area contributed by atoms with E-state index in [1.807, 2.05) is 0 Å². The van der Waals surface area contributed by atoms with Gasteiger partial charge in [-0.15, -0.1) is 0 Å². The van der Waals surface area contributed by atoms with Crippen LogP contribution in [0.3, 0.4) is 0 Å². The van der Waals surface area contributed by atoms with Crippen LogP contribution in [0.2, 0.25) is 0 Å². The first-order valence-electron chi connectivity index (χ1n) is 9.53. The number of carboxylic acid groups (broad SMARTS) is 2. The quantitative estimate of drug-likeness (QED) is 0.141. The number of phenols is 2. The maximum atomic E-state index is 12.4. The summed E-state index contributed by atoms with van der Waals surface area (Å²) in [5, 5.41) is 45.9. The summed E-state index contributed by atoms with van der Waals surface area (Å²) in [4.78, 5) is 45.9. The number of carboxylic acids is 2. The lowest BCUT2D eigenvalue weighted by Gasteiger charge is -2.18. The second kappa shape index (κ2) is 10.2. The van der Waals surface area contributed by atoms with Crippen molar-refractivity contribution >= 4 is 29.5 Å². The van der Waals surface area contributed by atoms with Gasteiger partial charge in [0, 0.05) is 29.3 Å². The average Bonchev–Trinajstić information content (AvgIpc) is 2.74. The smallest absolute Gasteiger partial charge is 0.335 e. The Morgan fingerprint density at radius 2 is 1.67 bits per heavy atom. The average molecular weight is 458 g/mol. The second-order valence-corrected chi connectivity index (χ2v) is 7.04. The molecule has 33 heavy (non-hydrogen) atoms. The molecule has 1 aliphatic rings. The molecule has 0 aliphatic heterocycles. The number of hydrogen-bond acceptors (Lipinski definition) is 8. The zero-order valence-electron chi connectivity index (χ0n) is 17.2. The van der Waals surface area contributed by atoms with E-state index in [2.05, 4.69) is 5.32 Å². The van der Waals surface area contributed by atoms with Crippen molar-refractivity contribution < 1.29 is 39.6 Å². The number of aromatic carboxylic acids is 1. The van der Waals surface area contributed by atoms with Crippen molar-refractivity contribution in [3.05, 3.63) is 58.1 Å². The Kier molecular flexibility index (Phi) is 7.70. The van der Waals surface area contributed by atoms with Crippen molar-refractivity contribution in [2.24, 2.45) is 11.5 Å². The van der Waals surface area contributed by atoms with Crippen LogP contribution in [0.1, 0.15) is 55.0 Å². The summed E-state index contributed by atoms with van der Waals surface area (Å²) in [7, 11) is 0. The van der Waals surface area contributed by atoms with E-state index >= 15 is 0 Å². The van der Waals surface area contributed by atoms with Crippen molar-refractivity contribution in [1.82, 2.24) is 5.32 Å². The first kappa shape index (κ1) is 24.8. The number of guanidine groups is 1. The normalized spacial score (nSPS) is 12.5. The predicted molar refractivity (Wildman–Crippen MR) is 115 cm³/mol. The lowest BCUT2D eigenvalue weighted by molar-refractivity contribution is -0.138. The molecule has 0 heterocycles. The highest BCUT2D eigenvalue weighted by molar-refractivity contribution is 6.29. The summed E-state index contributed by atoms with van der Waals surface area (Å²) >= 11 is 0. The molecule has 0 spiro atoms. The van der Waals surface area contributed by atoms with E-state index in [-0.39, 0.29) is 39.5 Å². The number of ketones is 2. The zero-order valence-corrected chi connectivity index (χ0v) is 17.2. The molecule has 12 heteroatoms. The van der Waals surface area contributed by atoms with Crippen LogP contribution in [0.15, 0.2) is 30.3 Å². The van der Waals surface area contributed by atoms with Crippen LogP contribution in [0, 0.1) is 5.41 Å². The molecule has 10 N–H and O–H groups in total. The van der Waals surface area contributed by atoms with Gasteiger partial charge in [0.1, 0.15) is 17.5 Å². The monoisotopic (exact) mass is 458 g/mol. The van der Waals surface area contributed by atoms with Crippen molar-refractivity contribution in [2.75, 3.05) is 6.54 Å². The van der Waals surface area contributed by atoms with Crippen LogP contribution in [0.5, 0.6) is 11.5 Å². The summed E-state index contributed by atoms with van der Waals surface area (Å²) in [6.07, 6.45) is 0.975. The third-order valence-electron chi connectivity index (χ3n) is 4.65. The van der Waals surface area contributed by atoms with Crippen LogP contribution in [-0.2, 0) is 4.79 Å². The zero-order chi connectivity index (χ0) is 24.9. The highest BCUT2D eigenvalue weighted by Crippen LogP contribution is 2.35. The first-order chi connectivity index (χ1) is 15.4. The maximum Gasteiger partial charge on any atom is 0.335 e. The lowest BCUT2D eigenvalue weighted by atomic mass is 9.82. The third-order valence-corrected chi connectivity index (χ3v) is 4.65. The van der Waals surface area contributed by atoms with Crippen LogP contribution in [0.25, 0.3) is 0 Å². The molecule has 0 amide bonds. The van der Waals surface area contributed by atoms with E-state index in [0.717, 1.165) is 18.2 Å². The number of rotatable bonds is 6. The van der Waals surface area contributed by atoms with Gasteiger partial charge in [0.05, 0.1) is 11.1 Å². The number of carbonyl (C=O) groups is 4. The highest BCUT2D eigenvalue weighted by Gasteiger charge is 2.33. The minimum atomic E-state index is -1.22. The number of hydrogen-bond donors (Lipinski definition) is 8. The minimum Gasteiger partial charge on any atom is -0.508 e. The molecule has 0 aromatic heterocycles. The Labute approximate surface area is 187 Å².